The Hall–Kier alpha value is -5.48. The zero-order valence-corrected chi connectivity index (χ0v) is 21.3. The fourth-order valence-corrected chi connectivity index (χ4v) is 6.98. The molecule has 0 fully saturated rings. The Morgan fingerprint density at radius 3 is 2.00 bits per heavy atom. The third-order valence-electron chi connectivity index (χ3n) is 8.64. The van der Waals surface area contributed by atoms with Gasteiger partial charge in [-0.1, -0.05) is 78.9 Å². The standard InChI is InChI=1S/C36H20N4/c1-2-10-22-18-31-27(17-21(22)9-1)33-32(40(31)36-37-20-23-11-3-6-14-28(23)38-36)19-26-24-12-4-7-15-29(24)39-30-16-8-5-13-25(30)34(33)35(26)39/h1-20H. The van der Waals surface area contributed by atoms with E-state index in [9.17, 15) is 0 Å². The molecule has 6 aromatic carbocycles. The van der Waals surface area contributed by atoms with Crippen LogP contribution in [0.3, 0.4) is 0 Å². The summed E-state index contributed by atoms with van der Waals surface area (Å²) in [5.74, 6) is 0.690. The van der Waals surface area contributed by atoms with Crippen LogP contribution in [-0.2, 0) is 0 Å². The first-order chi connectivity index (χ1) is 19.8. The molecule has 0 amide bonds. The van der Waals surface area contributed by atoms with E-state index < -0.39 is 0 Å². The van der Waals surface area contributed by atoms with Crippen LogP contribution in [-0.4, -0.2) is 18.9 Å². The fourth-order valence-electron chi connectivity index (χ4n) is 6.98. The third-order valence-corrected chi connectivity index (χ3v) is 8.64. The minimum Gasteiger partial charge on any atom is -0.308 e. The van der Waals surface area contributed by atoms with Crippen molar-refractivity contribution in [3.05, 3.63) is 121 Å². The maximum Gasteiger partial charge on any atom is 0.235 e. The molecule has 0 aliphatic carbocycles. The molecule has 4 nitrogen and oxygen atoms in total. The van der Waals surface area contributed by atoms with Crippen molar-refractivity contribution in [1.29, 1.82) is 0 Å². The maximum absolute atomic E-state index is 5.09. The van der Waals surface area contributed by atoms with Gasteiger partial charge in [-0.15, -0.1) is 0 Å². The molecule has 0 saturated carbocycles. The van der Waals surface area contributed by atoms with E-state index in [0.29, 0.717) is 5.95 Å². The van der Waals surface area contributed by atoms with Gasteiger partial charge in [0.15, 0.2) is 0 Å². The summed E-state index contributed by atoms with van der Waals surface area (Å²) in [6.45, 7) is 0. The summed E-state index contributed by atoms with van der Waals surface area (Å²) >= 11 is 0. The van der Waals surface area contributed by atoms with Crippen LogP contribution < -0.4 is 0 Å². The van der Waals surface area contributed by atoms with Crippen LogP contribution in [0.5, 0.6) is 0 Å². The van der Waals surface area contributed by atoms with Crippen molar-refractivity contribution in [2.24, 2.45) is 0 Å². The van der Waals surface area contributed by atoms with E-state index in [-0.39, 0.29) is 0 Å². The van der Waals surface area contributed by atoms with E-state index in [4.69, 9.17) is 9.97 Å². The molecule has 0 aliphatic rings. The molecule has 0 unspecified atom stereocenters. The highest BCUT2D eigenvalue weighted by Crippen LogP contribution is 2.46. The van der Waals surface area contributed by atoms with Crippen molar-refractivity contribution in [3.8, 4) is 5.95 Å². The van der Waals surface area contributed by atoms with E-state index in [0.717, 1.165) is 21.9 Å². The monoisotopic (exact) mass is 508 g/mol. The molecular weight excluding hydrogens is 488 g/mol. The van der Waals surface area contributed by atoms with Crippen LogP contribution in [0, 0.1) is 0 Å². The van der Waals surface area contributed by atoms with Crippen LogP contribution >= 0.6 is 0 Å². The van der Waals surface area contributed by atoms with Crippen molar-refractivity contribution in [3.63, 3.8) is 0 Å². The highest BCUT2D eigenvalue weighted by Gasteiger charge is 2.24. The molecule has 0 atom stereocenters. The number of rotatable bonds is 1. The van der Waals surface area contributed by atoms with Gasteiger partial charge in [-0.3, -0.25) is 4.57 Å². The molecule has 10 aromatic rings. The summed E-state index contributed by atoms with van der Waals surface area (Å²) in [6.07, 6.45) is 1.94. The Bertz CT molecular complexity index is 2660. The van der Waals surface area contributed by atoms with E-state index in [1.807, 2.05) is 18.3 Å². The van der Waals surface area contributed by atoms with Gasteiger partial charge in [0.05, 0.1) is 33.1 Å². The van der Waals surface area contributed by atoms with E-state index in [1.54, 1.807) is 0 Å². The average Bonchev–Trinajstić information content (AvgIpc) is 3.63. The van der Waals surface area contributed by atoms with Gasteiger partial charge in [0.2, 0.25) is 5.95 Å². The van der Waals surface area contributed by atoms with Gasteiger partial charge in [0.25, 0.3) is 0 Å². The number of nitrogens with zero attached hydrogens (tertiary/aromatic N) is 4. The average molecular weight is 509 g/mol. The molecule has 0 bridgehead atoms. The van der Waals surface area contributed by atoms with Crippen LogP contribution in [0.25, 0.3) is 87.5 Å². The van der Waals surface area contributed by atoms with Crippen LogP contribution in [0.4, 0.5) is 0 Å². The van der Waals surface area contributed by atoms with Gasteiger partial charge in [-0.2, -0.15) is 0 Å². The SMILES string of the molecule is c1ccc2cc3c(cc2c1)c1c2c4ccccc4n4c5ccccc5c(cc1n3-c1ncc3ccccc3n1)c24. The molecule has 0 spiro atoms. The zero-order valence-electron chi connectivity index (χ0n) is 21.3. The molecular formula is C36H20N4. The van der Waals surface area contributed by atoms with Crippen LogP contribution in [0.15, 0.2) is 121 Å². The summed E-state index contributed by atoms with van der Waals surface area (Å²) in [5.41, 5.74) is 6.94. The lowest BCUT2D eigenvalue weighted by molar-refractivity contribution is 1.01. The molecule has 4 aromatic heterocycles. The predicted octanol–water partition coefficient (Wildman–Crippen LogP) is 9.03. The number of hydrogen-bond donors (Lipinski definition) is 0. The van der Waals surface area contributed by atoms with Crippen molar-refractivity contribution < 1.29 is 0 Å². The smallest absolute Gasteiger partial charge is 0.235 e. The topological polar surface area (TPSA) is 35.1 Å². The van der Waals surface area contributed by atoms with E-state index >= 15 is 0 Å². The predicted molar refractivity (Wildman–Crippen MR) is 166 cm³/mol. The normalized spacial score (nSPS) is 12.5. The Morgan fingerprint density at radius 1 is 0.475 bits per heavy atom. The summed E-state index contributed by atoms with van der Waals surface area (Å²) in [5, 5.41) is 11.0. The molecule has 0 N–H and O–H groups in total. The van der Waals surface area contributed by atoms with E-state index in [1.165, 1.54) is 59.6 Å². The summed E-state index contributed by atoms with van der Waals surface area (Å²) in [6, 6.07) is 41.4. The first kappa shape index (κ1) is 20.5. The number of hydrogen-bond acceptors (Lipinski definition) is 2. The number of benzene rings is 6. The maximum atomic E-state index is 5.09. The molecule has 0 aliphatic heterocycles. The lowest BCUT2D eigenvalue weighted by atomic mass is 10.0. The third kappa shape index (κ3) is 2.42. The molecule has 4 heterocycles. The Morgan fingerprint density at radius 2 is 1.15 bits per heavy atom. The second-order valence-electron chi connectivity index (χ2n) is 10.7. The Balaban J connectivity index is 1.52. The summed E-state index contributed by atoms with van der Waals surface area (Å²) in [7, 11) is 0. The van der Waals surface area contributed by atoms with E-state index in [2.05, 4.69) is 112 Å². The Kier molecular flexibility index (Phi) is 3.65. The van der Waals surface area contributed by atoms with Gasteiger partial charge in [-0.05, 0) is 47.2 Å². The summed E-state index contributed by atoms with van der Waals surface area (Å²) < 4.78 is 4.72. The van der Waals surface area contributed by atoms with Gasteiger partial charge in [0, 0.05) is 43.9 Å². The zero-order chi connectivity index (χ0) is 25.9. The Labute approximate surface area is 227 Å². The number of aromatic nitrogens is 4. The van der Waals surface area contributed by atoms with Crippen LogP contribution in [0.2, 0.25) is 0 Å². The molecule has 184 valence electrons. The number of fused-ring (bicyclic) bond motifs is 12. The quantitative estimate of drug-likeness (QED) is 0.222. The summed E-state index contributed by atoms with van der Waals surface area (Å²) in [4.78, 5) is 10.0. The fraction of sp³-hybridized carbons (Fsp3) is 0. The number of para-hydroxylation sites is 3. The lowest BCUT2D eigenvalue weighted by Gasteiger charge is -2.08. The van der Waals surface area contributed by atoms with Crippen molar-refractivity contribution >= 4 is 81.6 Å². The van der Waals surface area contributed by atoms with Crippen molar-refractivity contribution in [1.82, 2.24) is 18.9 Å². The van der Waals surface area contributed by atoms with Crippen molar-refractivity contribution in [2.75, 3.05) is 0 Å². The minimum atomic E-state index is 0.690. The lowest BCUT2D eigenvalue weighted by Crippen LogP contribution is -2.01. The highest BCUT2D eigenvalue weighted by atomic mass is 15.2. The van der Waals surface area contributed by atoms with Gasteiger partial charge in [0.1, 0.15) is 0 Å². The second-order valence-corrected chi connectivity index (χ2v) is 10.7. The van der Waals surface area contributed by atoms with Gasteiger partial charge >= 0.3 is 0 Å². The van der Waals surface area contributed by atoms with Gasteiger partial charge in [-0.25, -0.2) is 9.97 Å². The van der Waals surface area contributed by atoms with Crippen LogP contribution in [0.1, 0.15) is 0 Å². The molecule has 0 saturated heterocycles. The minimum absolute atomic E-state index is 0.690. The van der Waals surface area contributed by atoms with Crippen molar-refractivity contribution in [2.45, 2.75) is 0 Å². The molecule has 10 rings (SSSR count). The highest BCUT2D eigenvalue weighted by molar-refractivity contribution is 6.36. The largest absolute Gasteiger partial charge is 0.308 e. The second kappa shape index (κ2) is 7.13. The molecule has 40 heavy (non-hydrogen) atoms. The molecule has 4 heteroatoms. The first-order valence-electron chi connectivity index (χ1n) is 13.6. The first-order valence-corrected chi connectivity index (χ1v) is 13.6. The van der Waals surface area contributed by atoms with Gasteiger partial charge < -0.3 is 4.40 Å². The molecule has 0 radical (unpaired) electrons.